The minimum atomic E-state index is -3.54. The average Bonchev–Trinajstić information content (AvgIpc) is 3.47. The summed E-state index contributed by atoms with van der Waals surface area (Å²) in [4.78, 5) is 46.4. The largest absolute Gasteiger partial charge is 0.395 e. The molecule has 3 amide bonds. The predicted molar refractivity (Wildman–Crippen MR) is 177 cm³/mol. The van der Waals surface area contributed by atoms with E-state index >= 15 is 4.11 Å². The van der Waals surface area contributed by atoms with Crippen molar-refractivity contribution in [2.75, 3.05) is 42.6 Å². The third kappa shape index (κ3) is 5.66. The number of nitrogens with one attached hydrogen (secondary N) is 1. The van der Waals surface area contributed by atoms with Crippen LogP contribution in [0.2, 0.25) is 18.6 Å². The molecule has 4 atom stereocenters. The van der Waals surface area contributed by atoms with Crippen LogP contribution in [0, 0.1) is 5.92 Å². The summed E-state index contributed by atoms with van der Waals surface area (Å²) in [5.74, 6) is -1.29. The van der Waals surface area contributed by atoms with E-state index in [4.69, 9.17) is 4.74 Å². The maximum absolute atomic E-state index is 16.4. The van der Waals surface area contributed by atoms with Gasteiger partial charge in [0.05, 0.1) is 31.4 Å². The summed E-state index contributed by atoms with van der Waals surface area (Å²) in [6.45, 7) is 6.59. The molecule has 0 bridgehead atoms. The summed E-state index contributed by atoms with van der Waals surface area (Å²) in [6, 6.07) is 24.3. The topological polar surface area (TPSA) is 102 Å². The van der Waals surface area contributed by atoms with Crippen LogP contribution >= 0.6 is 0 Å². The first-order chi connectivity index (χ1) is 22.1. The van der Waals surface area contributed by atoms with Gasteiger partial charge in [-0.3, -0.25) is 19.3 Å². The fourth-order valence-corrected chi connectivity index (χ4v) is 10.1. The normalized spacial score (nSPS) is 24.5. The van der Waals surface area contributed by atoms with E-state index in [1.165, 1.54) is 0 Å². The Hall–Kier alpha value is -3.90. The van der Waals surface area contributed by atoms with Gasteiger partial charge in [-0.25, -0.2) is 0 Å². The molecule has 3 aliphatic rings. The molecule has 0 unspecified atom stereocenters. The minimum absolute atomic E-state index is 0.0779. The summed E-state index contributed by atoms with van der Waals surface area (Å²) >= 11 is 0. The van der Waals surface area contributed by atoms with Gasteiger partial charge in [0.15, 0.2) is 5.60 Å². The lowest BCUT2D eigenvalue weighted by molar-refractivity contribution is -0.149. The number of halogens is 1. The van der Waals surface area contributed by atoms with Crippen LogP contribution < -0.4 is 15.1 Å². The molecule has 2 fully saturated rings. The average molecular weight is 645 g/mol. The second kappa shape index (κ2) is 12.7. The number of fused-ring (bicyclic) bond motifs is 2. The number of hydrogen-bond acceptors (Lipinski definition) is 6. The molecule has 46 heavy (non-hydrogen) atoms. The van der Waals surface area contributed by atoms with Crippen molar-refractivity contribution in [2.45, 2.75) is 50.2 Å². The van der Waals surface area contributed by atoms with E-state index in [1.54, 1.807) is 27.8 Å². The first-order valence-electron chi connectivity index (χ1n) is 15.9. The lowest BCUT2D eigenvalue weighted by Gasteiger charge is -2.32. The van der Waals surface area contributed by atoms with Gasteiger partial charge in [-0.2, -0.15) is 0 Å². The highest BCUT2D eigenvalue weighted by Crippen LogP contribution is 2.61. The van der Waals surface area contributed by atoms with Crippen molar-refractivity contribution in [3.63, 3.8) is 0 Å². The van der Waals surface area contributed by atoms with Gasteiger partial charge in [-0.05, 0) is 49.0 Å². The zero-order chi connectivity index (χ0) is 32.6. The highest BCUT2D eigenvalue weighted by Gasteiger charge is 2.67. The van der Waals surface area contributed by atoms with E-state index in [2.05, 4.69) is 5.32 Å². The monoisotopic (exact) mass is 644 g/mol. The molecule has 0 saturated carbocycles. The highest BCUT2D eigenvalue weighted by molar-refractivity contribution is 6.72. The summed E-state index contributed by atoms with van der Waals surface area (Å²) < 4.78 is 23.3. The molecular weight excluding hydrogens is 603 g/mol. The Morgan fingerprint density at radius 2 is 1.76 bits per heavy atom. The number of hydrogen-bond donors (Lipinski definition) is 2. The highest BCUT2D eigenvalue weighted by atomic mass is 28.4. The number of carbonyl (C=O) groups is 3. The number of piperazine rings is 1. The number of nitrogens with zero attached hydrogens (tertiary/aromatic N) is 3. The van der Waals surface area contributed by atoms with Crippen LogP contribution in [0.15, 0.2) is 78.9 Å². The molecule has 9 nitrogen and oxygen atoms in total. The second-order valence-corrected chi connectivity index (χ2v) is 16.7. The van der Waals surface area contributed by atoms with Crippen LogP contribution in [0.5, 0.6) is 0 Å². The molecule has 2 saturated heterocycles. The van der Waals surface area contributed by atoms with Gasteiger partial charge in [-0.1, -0.05) is 55.5 Å². The molecule has 1 spiro atoms. The number of ether oxygens (including phenoxy) is 1. The van der Waals surface area contributed by atoms with Gasteiger partial charge in [0.2, 0.25) is 20.2 Å². The molecule has 0 aromatic heterocycles. The van der Waals surface area contributed by atoms with Gasteiger partial charge in [0.1, 0.15) is 0 Å². The van der Waals surface area contributed by atoms with Gasteiger partial charge in [0.25, 0.3) is 5.91 Å². The van der Waals surface area contributed by atoms with E-state index in [9.17, 15) is 19.5 Å². The molecule has 11 heteroatoms. The zero-order valence-electron chi connectivity index (χ0n) is 26.5. The zero-order valence-corrected chi connectivity index (χ0v) is 27.5. The Morgan fingerprint density at radius 3 is 2.41 bits per heavy atom. The Morgan fingerprint density at radius 1 is 1.07 bits per heavy atom. The number of anilines is 3. The Kier molecular flexibility index (Phi) is 8.86. The van der Waals surface area contributed by atoms with E-state index in [-0.39, 0.29) is 43.8 Å². The number of amides is 3. The third-order valence-corrected chi connectivity index (χ3v) is 12.0. The molecule has 0 radical (unpaired) electrons. The van der Waals surface area contributed by atoms with Crippen molar-refractivity contribution < 1.29 is 28.3 Å². The number of aliphatic hydroxyl groups excluding tert-OH is 1. The Balaban J connectivity index is 1.42. The summed E-state index contributed by atoms with van der Waals surface area (Å²) in [5.41, 5.74) is 1.15. The molecule has 3 aromatic carbocycles. The van der Waals surface area contributed by atoms with Gasteiger partial charge in [0, 0.05) is 54.6 Å². The fourth-order valence-electron chi connectivity index (χ4n) is 7.56. The predicted octanol–water partition coefficient (Wildman–Crippen LogP) is 4.49. The van der Waals surface area contributed by atoms with Gasteiger partial charge in [-0.15, -0.1) is 0 Å². The van der Waals surface area contributed by atoms with Crippen LogP contribution in [0.3, 0.4) is 0 Å². The minimum Gasteiger partial charge on any atom is -0.395 e. The van der Waals surface area contributed by atoms with Crippen LogP contribution in [0.1, 0.15) is 24.5 Å². The van der Waals surface area contributed by atoms with Crippen molar-refractivity contribution in [3.8, 4) is 0 Å². The number of para-hydroxylation sites is 1. The van der Waals surface area contributed by atoms with Crippen LogP contribution in [0.4, 0.5) is 21.2 Å². The standard InChI is InChI=1S/C35H41FN4O5Si/c1-24-33(46(2,3)36)30(21-31(42)38(18-19-41)23-25-10-6-4-7-11-25)45-35(24)28-20-27(39-17-16-37-22-32(39)43)14-15-29(28)40(34(35)44)26-12-8-5-9-13-26/h4-15,20,24,30,33,37,41H,16-19,21-23H2,1-3H3/t24-,30+,33-,35+/m1/s1. The third-order valence-electron chi connectivity index (χ3n) is 9.58. The summed E-state index contributed by atoms with van der Waals surface area (Å²) in [6.07, 6.45) is -1.00. The van der Waals surface area contributed by atoms with Crippen molar-refractivity contribution >= 4 is 43.2 Å². The quantitative estimate of drug-likeness (QED) is 0.263. The maximum atomic E-state index is 16.4. The maximum Gasteiger partial charge on any atom is 0.268 e. The Labute approximate surface area is 270 Å². The summed E-state index contributed by atoms with van der Waals surface area (Å²) in [5, 5.41) is 12.9. The first kappa shape index (κ1) is 32.1. The SMILES string of the molecule is C[C@@H]1[C@@H]([Si](C)(C)F)[C@H](CC(=O)N(CCO)Cc2ccccc2)O[C@@]12C(=O)N(c1ccccc1)c1ccc(N3CCNCC3=O)cc12. The van der Waals surface area contributed by atoms with E-state index in [0.29, 0.717) is 42.3 Å². The first-order valence-corrected chi connectivity index (χ1v) is 18.9. The van der Waals surface area contributed by atoms with Crippen molar-refractivity contribution in [1.29, 1.82) is 0 Å². The van der Waals surface area contributed by atoms with Crippen LogP contribution in [-0.2, 0) is 31.3 Å². The molecule has 3 aliphatic heterocycles. The number of benzene rings is 3. The van der Waals surface area contributed by atoms with Crippen LogP contribution in [-0.4, -0.2) is 75.0 Å². The molecule has 6 rings (SSSR count). The molecule has 242 valence electrons. The smallest absolute Gasteiger partial charge is 0.268 e. The van der Waals surface area contributed by atoms with Gasteiger partial charge < -0.3 is 29.1 Å². The Bertz CT molecular complexity index is 1600. The molecule has 0 aliphatic carbocycles. The second-order valence-electron chi connectivity index (χ2n) is 12.9. The van der Waals surface area contributed by atoms with Gasteiger partial charge >= 0.3 is 0 Å². The van der Waals surface area contributed by atoms with E-state index in [1.807, 2.05) is 85.8 Å². The molecule has 3 aromatic rings. The number of rotatable bonds is 9. The molecular formula is C35H41FN4O5Si. The van der Waals surface area contributed by atoms with E-state index in [0.717, 1.165) is 5.56 Å². The van der Waals surface area contributed by atoms with E-state index < -0.39 is 31.6 Å². The van der Waals surface area contributed by atoms with Crippen molar-refractivity contribution in [3.05, 3.63) is 90.0 Å². The number of aliphatic hydroxyl groups is 1. The lowest BCUT2D eigenvalue weighted by atomic mass is 9.82. The van der Waals surface area contributed by atoms with Crippen molar-refractivity contribution in [2.24, 2.45) is 5.92 Å². The van der Waals surface area contributed by atoms with Crippen molar-refractivity contribution in [1.82, 2.24) is 10.2 Å². The molecule has 3 heterocycles. The van der Waals surface area contributed by atoms with Crippen LogP contribution in [0.25, 0.3) is 0 Å². The number of carbonyl (C=O) groups excluding carboxylic acids is 3. The molecule has 2 N–H and O–H groups in total. The lowest BCUT2D eigenvalue weighted by Crippen LogP contribution is -2.48. The fraction of sp³-hybridized carbons (Fsp3) is 0.400. The summed E-state index contributed by atoms with van der Waals surface area (Å²) in [7, 11) is -3.54.